The summed E-state index contributed by atoms with van der Waals surface area (Å²) in [5, 5.41) is 1.29. The molecule has 13 rings (SSSR count). The van der Waals surface area contributed by atoms with Crippen molar-refractivity contribution in [1.82, 2.24) is 0 Å². The van der Waals surface area contributed by atoms with Gasteiger partial charge >= 0.3 is 0 Å². The Balaban J connectivity index is 1.18. The third kappa shape index (κ3) is 7.35. The molecule has 2 aliphatic heterocycles. The Morgan fingerprint density at radius 2 is 1.35 bits per heavy atom. The van der Waals surface area contributed by atoms with Crippen LogP contribution in [0.15, 0.2) is 154 Å². The molecule has 4 atom stereocenters. The molecule has 384 valence electrons. The molecule has 2 bridgehead atoms. The van der Waals surface area contributed by atoms with Gasteiger partial charge in [0, 0.05) is 50.7 Å². The Bertz CT molecular complexity index is 3440. The van der Waals surface area contributed by atoms with Crippen molar-refractivity contribution >= 4 is 68.6 Å². The Labute approximate surface area is 449 Å². The average Bonchev–Trinajstić information content (AvgIpc) is 3.80. The van der Waals surface area contributed by atoms with Gasteiger partial charge in [0.05, 0.1) is 5.69 Å². The second kappa shape index (κ2) is 16.5. The van der Waals surface area contributed by atoms with E-state index in [1.807, 2.05) is 0 Å². The van der Waals surface area contributed by atoms with Crippen LogP contribution in [-0.4, -0.2) is 6.71 Å². The highest BCUT2D eigenvalue weighted by atomic mass is 16.4. The second-order valence-corrected chi connectivity index (χ2v) is 28.1. The summed E-state index contributed by atoms with van der Waals surface area (Å²) in [5.74, 6) is 2.17. The number of benzene rings is 5. The maximum Gasteiger partial charge on any atom is 0.256 e. The molecule has 6 aromatic rings. The van der Waals surface area contributed by atoms with Crippen molar-refractivity contribution in [3.05, 3.63) is 172 Å². The maximum absolute atomic E-state index is 7.75. The lowest BCUT2D eigenvalue weighted by molar-refractivity contribution is 0.0377. The third-order valence-electron chi connectivity index (χ3n) is 20.5. The fourth-order valence-electron chi connectivity index (χ4n) is 15.6. The van der Waals surface area contributed by atoms with Crippen LogP contribution in [-0.2, 0) is 16.2 Å². The second-order valence-electron chi connectivity index (χ2n) is 28.1. The molecule has 0 radical (unpaired) electrons. The van der Waals surface area contributed by atoms with Crippen LogP contribution in [0.4, 0.5) is 40.0 Å². The largest absolute Gasteiger partial charge is 0.440 e. The van der Waals surface area contributed by atoms with Crippen LogP contribution in [0.3, 0.4) is 0 Å². The Morgan fingerprint density at radius 1 is 0.693 bits per heavy atom. The third-order valence-corrected chi connectivity index (χ3v) is 20.5. The predicted molar refractivity (Wildman–Crippen MR) is 319 cm³/mol. The van der Waals surface area contributed by atoms with Crippen LogP contribution < -0.4 is 25.6 Å². The number of anilines is 7. The predicted octanol–water partition coefficient (Wildman–Crippen LogP) is 18.5. The molecule has 2 fully saturated rings. The van der Waals surface area contributed by atoms with Gasteiger partial charge in [-0.3, -0.25) is 4.90 Å². The molecule has 5 aromatic carbocycles. The standard InChI is InChI=1S/C70H80BN3O/c1-44-45-21-20-34-69(12,42-45)55-39-54-60(40-53(44)55)75-64-62(54)71-56-41-61-67(8,9)35-36-68(10,11)70(61,13)43-59(56)73(50-30-26-46(27-31-50)65(2,3)4)57-37-52(72(48-22-16-14-17-23-48)49-24-18-15-19-25-49)38-58(63(57)71)74(64)51-32-28-47(29-33-51)66(5,6)7/h14,16-18,22-33,37-41,44-45H,15,19-21,34-36,42-43H2,1-13H3. The van der Waals surface area contributed by atoms with Gasteiger partial charge in [-0.2, -0.15) is 0 Å². The van der Waals surface area contributed by atoms with Gasteiger partial charge < -0.3 is 14.2 Å². The van der Waals surface area contributed by atoms with Crippen LogP contribution in [0.1, 0.15) is 176 Å². The Hall–Kier alpha value is -5.94. The fraction of sp³-hybridized carbons (Fsp3) is 0.429. The van der Waals surface area contributed by atoms with Crippen molar-refractivity contribution in [3.8, 4) is 0 Å². The number of hydrogen-bond acceptors (Lipinski definition) is 4. The first-order chi connectivity index (χ1) is 35.6. The first kappa shape index (κ1) is 48.7. The zero-order valence-electron chi connectivity index (χ0n) is 47.5. The van der Waals surface area contributed by atoms with E-state index < -0.39 is 0 Å². The smallest absolute Gasteiger partial charge is 0.256 e. The highest BCUT2D eigenvalue weighted by Gasteiger charge is 2.58. The zero-order valence-corrected chi connectivity index (χ0v) is 47.5. The lowest BCUT2D eigenvalue weighted by Crippen LogP contribution is -2.58. The molecular formula is C70H80BN3O. The summed E-state index contributed by atoms with van der Waals surface area (Å²) < 4.78 is 7.75. The van der Waals surface area contributed by atoms with E-state index in [0.29, 0.717) is 11.8 Å². The molecule has 0 N–H and O–H groups in total. The topological polar surface area (TPSA) is 22.9 Å². The van der Waals surface area contributed by atoms with Gasteiger partial charge in [0.1, 0.15) is 5.58 Å². The molecule has 7 aliphatic rings. The van der Waals surface area contributed by atoms with Crippen molar-refractivity contribution in [3.63, 3.8) is 0 Å². The fourth-order valence-corrected chi connectivity index (χ4v) is 15.6. The Kier molecular flexibility index (Phi) is 10.7. The average molecular weight is 990 g/mol. The van der Waals surface area contributed by atoms with E-state index in [9.17, 15) is 0 Å². The summed E-state index contributed by atoms with van der Waals surface area (Å²) in [6, 6.07) is 40.5. The Morgan fingerprint density at radius 3 is 1.99 bits per heavy atom. The lowest BCUT2D eigenvalue weighted by Gasteiger charge is -2.59. The molecule has 4 unspecified atom stereocenters. The minimum atomic E-state index is -0.0684. The van der Waals surface area contributed by atoms with Crippen LogP contribution in [0.25, 0.3) is 11.0 Å². The molecule has 75 heavy (non-hydrogen) atoms. The molecule has 4 nitrogen and oxygen atoms in total. The molecule has 0 spiro atoms. The highest BCUT2D eigenvalue weighted by molar-refractivity contribution is 6.97. The maximum atomic E-state index is 7.75. The van der Waals surface area contributed by atoms with Crippen LogP contribution >= 0.6 is 0 Å². The van der Waals surface area contributed by atoms with Crippen LogP contribution in [0, 0.1) is 22.2 Å². The zero-order chi connectivity index (χ0) is 52.4. The normalized spacial score (nSPS) is 25.2. The SMILES string of the molecule is CC1c2cc3oc4c(c3cc2C2(C)CCCC1C2)B1C2=C(CC3(C)C(=C2)C(C)(C)CCC3(C)C)N(c2ccc(C(C)(C)C)cc2)c2cc(N(C3=CCCC=C3)c3ccccc3)cc(c21)N4c1ccc(C(C)(C)C)cc1. The minimum Gasteiger partial charge on any atom is -0.440 e. The summed E-state index contributed by atoms with van der Waals surface area (Å²) in [6.45, 7) is 31.8. The molecule has 0 amide bonds. The molecule has 3 heterocycles. The summed E-state index contributed by atoms with van der Waals surface area (Å²) >= 11 is 0. The van der Waals surface area contributed by atoms with Gasteiger partial charge in [-0.15, -0.1) is 0 Å². The molecular weight excluding hydrogens is 910 g/mol. The minimum absolute atomic E-state index is 0.00683. The lowest BCUT2D eigenvalue weighted by atomic mass is 9.31. The summed E-state index contributed by atoms with van der Waals surface area (Å²) in [5.41, 5.74) is 22.5. The van der Waals surface area contributed by atoms with E-state index in [0.717, 1.165) is 47.8 Å². The van der Waals surface area contributed by atoms with Crippen LogP contribution in [0.2, 0.25) is 0 Å². The molecule has 0 saturated heterocycles. The number of nitrogens with zero attached hydrogens (tertiary/aromatic N) is 3. The number of furan rings is 1. The first-order valence-corrected chi connectivity index (χ1v) is 28.8. The number of rotatable bonds is 5. The number of para-hydroxylation sites is 1. The van der Waals surface area contributed by atoms with Crippen molar-refractivity contribution < 1.29 is 4.42 Å². The van der Waals surface area contributed by atoms with Crippen LogP contribution in [0.5, 0.6) is 0 Å². The van der Waals surface area contributed by atoms with Crippen molar-refractivity contribution in [2.24, 2.45) is 22.2 Å². The van der Waals surface area contributed by atoms with Gasteiger partial charge in [-0.05, 0) is 196 Å². The number of fused-ring (bicyclic) bond motifs is 10. The molecule has 1 aromatic heterocycles. The molecule has 2 saturated carbocycles. The quantitative estimate of drug-likeness (QED) is 0.161. The van der Waals surface area contributed by atoms with E-state index in [4.69, 9.17) is 4.42 Å². The molecule has 5 aliphatic carbocycles. The van der Waals surface area contributed by atoms with Crippen molar-refractivity contribution in [1.29, 1.82) is 0 Å². The first-order valence-electron chi connectivity index (χ1n) is 28.8. The van der Waals surface area contributed by atoms with E-state index in [2.05, 4.69) is 232 Å². The van der Waals surface area contributed by atoms with Gasteiger partial charge in [0.25, 0.3) is 6.71 Å². The van der Waals surface area contributed by atoms with E-state index in [1.165, 1.54) is 105 Å². The monoisotopic (exact) mass is 990 g/mol. The number of allylic oxidation sites excluding steroid dienone is 7. The van der Waals surface area contributed by atoms with Gasteiger partial charge in [0.2, 0.25) is 5.88 Å². The van der Waals surface area contributed by atoms with E-state index in [1.54, 1.807) is 11.1 Å². The summed E-state index contributed by atoms with van der Waals surface area (Å²) in [7, 11) is 0. The summed E-state index contributed by atoms with van der Waals surface area (Å²) in [6.07, 6.45) is 20.4. The van der Waals surface area contributed by atoms with Gasteiger partial charge in [0.15, 0.2) is 0 Å². The van der Waals surface area contributed by atoms with Gasteiger partial charge in [-0.25, -0.2) is 0 Å². The van der Waals surface area contributed by atoms with E-state index in [-0.39, 0.29) is 39.2 Å². The van der Waals surface area contributed by atoms with Crippen molar-refractivity contribution in [2.75, 3.05) is 14.7 Å². The number of hydrogen-bond donors (Lipinski definition) is 0. The molecule has 5 heteroatoms. The van der Waals surface area contributed by atoms with Gasteiger partial charge in [-0.1, -0.05) is 163 Å². The van der Waals surface area contributed by atoms with E-state index >= 15 is 0 Å². The highest BCUT2D eigenvalue weighted by Crippen LogP contribution is 2.66. The van der Waals surface area contributed by atoms with Crippen molar-refractivity contribution in [2.45, 2.75) is 170 Å². The summed E-state index contributed by atoms with van der Waals surface area (Å²) in [4.78, 5) is 7.80.